The second-order valence-corrected chi connectivity index (χ2v) is 4.51. The van der Waals surface area contributed by atoms with Crippen LogP contribution in [0.2, 0.25) is 0 Å². The molecule has 3 heteroatoms. The van der Waals surface area contributed by atoms with Crippen LogP contribution in [-0.4, -0.2) is 30.6 Å². The molecular formula is C14H20N2O. The summed E-state index contributed by atoms with van der Waals surface area (Å²) < 4.78 is 0. The van der Waals surface area contributed by atoms with Gasteiger partial charge in [0.05, 0.1) is 18.2 Å². The summed E-state index contributed by atoms with van der Waals surface area (Å²) in [6, 6.07) is 7.65. The van der Waals surface area contributed by atoms with Crippen molar-refractivity contribution in [2.24, 2.45) is 0 Å². The first-order valence-electron chi connectivity index (χ1n) is 5.95. The maximum atomic E-state index is 9.27. The minimum Gasteiger partial charge on any atom is -0.392 e. The lowest BCUT2D eigenvalue weighted by atomic mass is 10.00. The number of nitriles is 1. The molecule has 0 radical (unpaired) electrons. The van der Waals surface area contributed by atoms with Gasteiger partial charge >= 0.3 is 0 Å². The minimum atomic E-state index is 0.0124. The highest BCUT2D eigenvalue weighted by Gasteiger charge is 2.03. The third-order valence-corrected chi connectivity index (χ3v) is 2.81. The first kappa shape index (κ1) is 13.7. The molecule has 1 N–H and O–H groups in total. The van der Waals surface area contributed by atoms with E-state index >= 15 is 0 Å². The maximum Gasteiger partial charge on any atom is 0.0991 e. The molecule has 0 saturated carbocycles. The van der Waals surface area contributed by atoms with Gasteiger partial charge in [-0.3, -0.25) is 0 Å². The van der Waals surface area contributed by atoms with Crippen LogP contribution in [-0.2, 0) is 13.0 Å². The molecule has 0 unspecified atom stereocenters. The van der Waals surface area contributed by atoms with Crippen LogP contribution in [0.1, 0.15) is 29.5 Å². The van der Waals surface area contributed by atoms with Crippen molar-refractivity contribution in [3.63, 3.8) is 0 Å². The molecule has 0 saturated heterocycles. The monoisotopic (exact) mass is 232 g/mol. The number of benzene rings is 1. The van der Waals surface area contributed by atoms with Gasteiger partial charge < -0.3 is 10.0 Å². The molecular weight excluding hydrogens is 212 g/mol. The molecule has 0 aliphatic rings. The number of hydrogen-bond acceptors (Lipinski definition) is 3. The second kappa shape index (κ2) is 7.05. The largest absolute Gasteiger partial charge is 0.392 e. The number of nitrogens with zero attached hydrogens (tertiary/aromatic N) is 2. The number of aliphatic hydroxyl groups excluding tert-OH is 1. The summed E-state index contributed by atoms with van der Waals surface area (Å²) in [7, 11) is 4.14. The smallest absolute Gasteiger partial charge is 0.0991 e. The Bertz CT molecular complexity index is 394. The molecule has 0 atom stereocenters. The van der Waals surface area contributed by atoms with Gasteiger partial charge in [-0.2, -0.15) is 5.26 Å². The molecule has 0 aromatic heterocycles. The van der Waals surface area contributed by atoms with Gasteiger partial charge in [0.2, 0.25) is 0 Å². The predicted octanol–water partition coefficient (Wildman–Crippen LogP) is 1.93. The van der Waals surface area contributed by atoms with Crippen molar-refractivity contribution in [3.05, 3.63) is 34.9 Å². The van der Waals surface area contributed by atoms with E-state index in [1.165, 1.54) is 0 Å². The molecule has 1 rings (SSSR count). The third kappa shape index (κ3) is 4.56. The lowest BCUT2D eigenvalue weighted by Crippen LogP contribution is -2.13. The van der Waals surface area contributed by atoms with Gasteiger partial charge in [-0.15, -0.1) is 0 Å². The first-order valence-corrected chi connectivity index (χ1v) is 5.95. The maximum absolute atomic E-state index is 9.27. The zero-order chi connectivity index (χ0) is 12.7. The fourth-order valence-corrected chi connectivity index (χ4v) is 1.83. The van der Waals surface area contributed by atoms with Crippen LogP contribution in [0.3, 0.4) is 0 Å². The van der Waals surface area contributed by atoms with Gasteiger partial charge in [-0.1, -0.05) is 6.07 Å². The van der Waals surface area contributed by atoms with E-state index in [9.17, 15) is 5.11 Å². The van der Waals surface area contributed by atoms with Crippen LogP contribution >= 0.6 is 0 Å². The third-order valence-electron chi connectivity index (χ3n) is 2.81. The lowest BCUT2D eigenvalue weighted by Gasteiger charge is -2.10. The Morgan fingerprint density at radius 2 is 2.00 bits per heavy atom. The molecule has 0 spiro atoms. The molecule has 0 aliphatic carbocycles. The lowest BCUT2D eigenvalue weighted by molar-refractivity contribution is 0.280. The quantitative estimate of drug-likeness (QED) is 0.762. The molecule has 1 aromatic rings. The Kier molecular flexibility index (Phi) is 5.68. The fraction of sp³-hybridized carbons (Fsp3) is 0.500. The van der Waals surface area contributed by atoms with Gasteiger partial charge in [-0.05, 0) is 63.2 Å². The highest BCUT2D eigenvalue weighted by Crippen LogP contribution is 2.14. The molecule has 0 amide bonds. The van der Waals surface area contributed by atoms with Crippen molar-refractivity contribution in [3.8, 4) is 6.07 Å². The summed E-state index contributed by atoms with van der Waals surface area (Å²) in [6.45, 7) is 1.10. The van der Waals surface area contributed by atoms with E-state index in [-0.39, 0.29) is 6.61 Å². The summed E-state index contributed by atoms with van der Waals surface area (Å²) in [6.07, 6.45) is 3.23. The normalized spacial score (nSPS) is 10.5. The second-order valence-electron chi connectivity index (χ2n) is 4.51. The molecule has 0 bridgehead atoms. The Morgan fingerprint density at radius 3 is 2.59 bits per heavy atom. The van der Waals surface area contributed by atoms with E-state index < -0.39 is 0 Å². The summed E-state index contributed by atoms with van der Waals surface area (Å²) in [4.78, 5) is 2.17. The standard InChI is InChI=1S/C14H20N2O/c1-16(2)8-4-3-5-13-7-6-12(10-15)9-14(13)11-17/h6-7,9,17H,3-5,8,11H2,1-2H3. The first-order chi connectivity index (χ1) is 8.17. The van der Waals surface area contributed by atoms with Crippen LogP contribution < -0.4 is 0 Å². The summed E-state index contributed by atoms with van der Waals surface area (Å²) in [5.74, 6) is 0. The SMILES string of the molecule is CN(C)CCCCc1ccc(C#N)cc1CO. The molecule has 0 fully saturated rings. The van der Waals surface area contributed by atoms with E-state index in [2.05, 4.69) is 25.1 Å². The molecule has 0 aliphatic heterocycles. The van der Waals surface area contributed by atoms with Crippen molar-refractivity contribution in [1.29, 1.82) is 5.26 Å². The van der Waals surface area contributed by atoms with E-state index in [0.717, 1.165) is 36.9 Å². The highest BCUT2D eigenvalue weighted by atomic mass is 16.3. The summed E-state index contributed by atoms with van der Waals surface area (Å²) >= 11 is 0. The van der Waals surface area contributed by atoms with Crippen molar-refractivity contribution < 1.29 is 5.11 Å². The van der Waals surface area contributed by atoms with Crippen LogP contribution in [0, 0.1) is 11.3 Å². The van der Waals surface area contributed by atoms with Crippen LogP contribution in [0.4, 0.5) is 0 Å². The average Bonchev–Trinajstić information content (AvgIpc) is 2.34. The van der Waals surface area contributed by atoms with E-state index in [4.69, 9.17) is 5.26 Å². The Balaban J connectivity index is 2.56. The minimum absolute atomic E-state index is 0.0124. The van der Waals surface area contributed by atoms with Crippen molar-refractivity contribution in [2.75, 3.05) is 20.6 Å². The van der Waals surface area contributed by atoms with Gasteiger partial charge in [-0.25, -0.2) is 0 Å². The number of rotatable bonds is 6. The van der Waals surface area contributed by atoms with Crippen LogP contribution in [0.25, 0.3) is 0 Å². The molecule has 17 heavy (non-hydrogen) atoms. The predicted molar refractivity (Wildman–Crippen MR) is 68.6 cm³/mol. The van der Waals surface area contributed by atoms with Crippen molar-refractivity contribution >= 4 is 0 Å². The highest BCUT2D eigenvalue weighted by molar-refractivity contribution is 5.37. The zero-order valence-electron chi connectivity index (χ0n) is 10.6. The summed E-state index contributed by atoms with van der Waals surface area (Å²) in [5, 5.41) is 18.1. The molecule has 92 valence electrons. The van der Waals surface area contributed by atoms with Crippen molar-refractivity contribution in [1.82, 2.24) is 4.90 Å². The molecule has 0 heterocycles. The van der Waals surface area contributed by atoms with Gasteiger partial charge in [0.25, 0.3) is 0 Å². The van der Waals surface area contributed by atoms with E-state index in [0.29, 0.717) is 5.56 Å². The van der Waals surface area contributed by atoms with Crippen LogP contribution in [0.15, 0.2) is 18.2 Å². The number of aryl methyl sites for hydroxylation is 1. The van der Waals surface area contributed by atoms with Gasteiger partial charge in [0, 0.05) is 0 Å². The van der Waals surface area contributed by atoms with Crippen molar-refractivity contribution in [2.45, 2.75) is 25.9 Å². The summed E-state index contributed by atoms with van der Waals surface area (Å²) in [5.41, 5.74) is 2.66. The Hall–Kier alpha value is -1.37. The van der Waals surface area contributed by atoms with E-state index in [1.807, 2.05) is 12.1 Å². The van der Waals surface area contributed by atoms with Gasteiger partial charge in [0.1, 0.15) is 0 Å². The molecule has 1 aromatic carbocycles. The van der Waals surface area contributed by atoms with Gasteiger partial charge in [0.15, 0.2) is 0 Å². The zero-order valence-corrected chi connectivity index (χ0v) is 10.6. The number of aliphatic hydroxyl groups is 1. The molecule has 3 nitrogen and oxygen atoms in total. The number of unbranched alkanes of at least 4 members (excludes halogenated alkanes) is 1. The van der Waals surface area contributed by atoms with Crippen LogP contribution in [0.5, 0.6) is 0 Å². The average molecular weight is 232 g/mol. The topological polar surface area (TPSA) is 47.3 Å². The number of hydrogen-bond donors (Lipinski definition) is 1. The Labute approximate surface area is 103 Å². The fourth-order valence-electron chi connectivity index (χ4n) is 1.83. The van der Waals surface area contributed by atoms with E-state index in [1.54, 1.807) is 6.07 Å². The Morgan fingerprint density at radius 1 is 1.24 bits per heavy atom.